The number of halogens is 2. The Hall–Kier alpha value is -0.940. The van der Waals surface area contributed by atoms with Crippen molar-refractivity contribution in [3.05, 3.63) is 35.1 Å². The summed E-state index contributed by atoms with van der Waals surface area (Å²) in [6, 6.07) is 3.26. The minimum absolute atomic E-state index is 0.00535. The van der Waals surface area contributed by atoms with Crippen LogP contribution in [0, 0.1) is 5.82 Å². The maximum Gasteiger partial charge on any atom is 0.236 e. The second kappa shape index (κ2) is 4.06. The predicted molar refractivity (Wildman–Crippen MR) is 50.3 cm³/mol. The summed E-state index contributed by atoms with van der Waals surface area (Å²) < 4.78 is 34.0. The van der Waals surface area contributed by atoms with Crippen LogP contribution < -0.4 is 0 Å². The maximum atomic E-state index is 12.6. The van der Waals surface area contributed by atoms with Gasteiger partial charge in [-0.15, -0.1) is 0 Å². The average molecular weight is 237 g/mol. The molecule has 1 rings (SSSR count). The Kier molecular flexibility index (Phi) is 3.23. The standard InChI is InChI=1S/C8H6ClFO3S/c9-14(12,13)5-6-1-2-8(10)3-7(6)4-11/h1-4H,5H2. The van der Waals surface area contributed by atoms with Crippen LogP contribution in [0.1, 0.15) is 15.9 Å². The molecule has 3 nitrogen and oxygen atoms in total. The first-order valence-corrected chi connectivity index (χ1v) is 6.06. The van der Waals surface area contributed by atoms with Crippen LogP contribution in [-0.4, -0.2) is 14.7 Å². The summed E-state index contributed by atoms with van der Waals surface area (Å²) in [6.07, 6.45) is 0.389. The fraction of sp³-hybridized carbons (Fsp3) is 0.125. The largest absolute Gasteiger partial charge is 0.298 e. The average Bonchev–Trinajstić information content (AvgIpc) is 2.06. The summed E-state index contributed by atoms with van der Waals surface area (Å²) in [5.74, 6) is -1.08. The van der Waals surface area contributed by atoms with Crippen molar-refractivity contribution < 1.29 is 17.6 Å². The summed E-state index contributed by atoms with van der Waals surface area (Å²) >= 11 is 0. The maximum absolute atomic E-state index is 12.6. The predicted octanol–water partition coefficient (Wildman–Crippen LogP) is 1.71. The van der Waals surface area contributed by atoms with Crippen LogP contribution in [0.25, 0.3) is 0 Å². The van der Waals surface area contributed by atoms with E-state index in [4.69, 9.17) is 10.7 Å². The number of hydrogen-bond donors (Lipinski definition) is 0. The number of carbonyl (C=O) groups excluding carboxylic acids is 1. The van der Waals surface area contributed by atoms with Gasteiger partial charge in [-0.3, -0.25) is 4.79 Å². The minimum atomic E-state index is -3.73. The molecule has 6 heteroatoms. The highest BCUT2D eigenvalue weighted by Gasteiger charge is 2.11. The second-order valence-corrected chi connectivity index (χ2v) is 5.42. The molecule has 76 valence electrons. The van der Waals surface area contributed by atoms with Crippen LogP contribution in [0.5, 0.6) is 0 Å². The van der Waals surface area contributed by atoms with Gasteiger partial charge in [-0.25, -0.2) is 12.8 Å². The molecule has 14 heavy (non-hydrogen) atoms. The van der Waals surface area contributed by atoms with E-state index < -0.39 is 20.6 Å². The lowest BCUT2D eigenvalue weighted by Crippen LogP contribution is -2.00. The summed E-state index contributed by atoms with van der Waals surface area (Å²) in [6.45, 7) is 0. The lowest BCUT2D eigenvalue weighted by Gasteiger charge is -2.01. The quantitative estimate of drug-likeness (QED) is 0.593. The van der Waals surface area contributed by atoms with E-state index in [1.165, 1.54) is 6.07 Å². The van der Waals surface area contributed by atoms with Crippen LogP contribution in [-0.2, 0) is 14.8 Å². The third-order valence-corrected chi connectivity index (χ3v) is 2.55. The van der Waals surface area contributed by atoms with Gasteiger partial charge < -0.3 is 0 Å². The van der Waals surface area contributed by atoms with E-state index in [-0.39, 0.29) is 11.1 Å². The Bertz CT molecular complexity index is 456. The van der Waals surface area contributed by atoms with E-state index in [9.17, 15) is 17.6 Å². The lowest BCUT2D eigenvalue weighted by molar-refractivity contribution is 0.112. The SMILES string of the molecule is O=Cc1cc(F)ccc1CS(=O)(=O)Cl. The summed E-state index contributed by atoms with van der Waals surface area (Å²) in [5, 5.41) is 0. The summed E-state index contributed by atoms with van der Waals surface area (Å²) in [7, 11) is 1.27. The number of hydrogen-bond acceptors (Lipinski definition) is 3. The molecule has 1 aromatic carbocycles. The fourth-order valence-electron chi connectivity index (χ4n) is 0.993. The van der Waals surface area contributed by atoms with Crippen LogP contribution in [0.4, 0.5) is 4.39 Å². The molecule has 1 aromatic rings. The third-order valence-electron chi connectivity index (χ3n) is 1.56. The molecule has 0 aliphatic rings. The van der Waals surface area contributed by atoms with E-state index in [0.29, 0.717) is 6.29 Å². The Morgan fingerprint density at radius 1 is 1.43 bits per heavy atom. The first-order valence-electron chi connectivity index (χ1n) is 3.58. The van der Waals surface area contributed by atoms with E-state index in [1.54, 1.807) is 0 Å². The third kappa shape index (κ3) is 3.08. The van der Waals surface area contributed by atoms with Crippen LogP contribution >= 0.6 is 10.7 Å². The normalized spacial score (nSPS) is 11.3. The van der Waals surface area contributed by atoms with Gasteiger partial charge in [0.15, 0.2) is 0 Å². The highest BCUT2D eigenvalue weighted by atomic mass is 35.7. The van der Waals surface area contributed by atoms with Crippen LogP contribution in [0.3, 0.4) is 0 Å². The molecule has 0 unspecified atom stereocenters. The van der Waals surface area contributed by atoms with Gasteiger partial charge >= 0.3 is 0 Å². The van der Waals surface area contributed by atoms with Crippen molar-refractivity contribution in [1.82, 2.24) is 0 Å². The first kappa shape index (κ1) is 11.1. The number of carbonyl (C=O) groups is 1. The van der Waals surface area contributed by atoms with Gasteiger partial charge in [0.2, 0.25) is 9.05 Å². The van der Waals surface area contributed by atoms with Crippen molar-refractivity contribution >= 4 is 26.0 Å². The Morgan fingerprint density at radius 3 is 2.57 bits per heavy atom. The van der Waals surface area contributed by atoms with Gasteiger partial charge in [0, 0.05) is 16.2 Å². The smallest absolute Gasteiger partial charge is 0.236 e. The zero-order chi connectivity index (χ0) is 10.8. The minimum Gasteiger partial charge on any atom is -0.298 e. The van der Waals surface area contributed by atoms with E-state index in [0.717, 1.165) is 12.1 Å². The second-order valence-electron chi connectivity index (χ2n) is 2.64. The Labute approximate surface area is 84.9 Å². The monoisotopic (exact) mass is 236 g/mol. The molecular weight excluding hydrogens is 231 g/mol. The lowest BCUT2D eigenvalue weighted by atomic mass is 10.1. The molecule has 0 N–H and O–H groups in total. The van der Waals surface area contributed by atoms with Crippen molar-refractivity contribution in [2.24, 2.45) is 0 Å². The molecular formula is C8H6ClFO3S. The van der Waals surface area contributed by atoms with Gasteiger partial charge in [-0.2, -0.15) is 0 Å². The molecule has 0 saturated heterocycles. The van der Waals surface area contributed by atoms with Gasteiger partial charge in [0.1, 0.15) is 12.1 Å². The van der Waals surface area contributed by atoms with E-state index in [1.807, 2.05) is 0 Å². The van der Waals surface area contributed by atoms with Crippen molar-refractivity contribution in [1.29, 1.82) is 0 Å². The summed E-state index contributed by atoms with van der Waals surface area (Å²) in [4.78, 5) is 10.5. The molecule has 0 aromatic heterocycles. The topological polar surface area (TPSA) is 51.2 Å². The summed E-state index contributed by atoms with van der Waals surface area (Å²) in [5.41, 5.74) is 0.186. The van der Waals surface area contributed by atoms with Crippen molar-refractivity contribution in [3.8, 4) is 0 Å². The van der Waals surface area contributed by atoms with Crippen molar-refractivity contribution in [2.75, 3.05) is 0 Å². The molecule has 0 fully saturated rings. The molecule has 0 heterocycles. The molecule has 0 atom stereocenters. The fourth-order valence-corrected chi connectivity index (χ4v) is 1.98. The van der Waals surface area contributed by atoms with Crippen molar-refractivity contribution in [2.45, 2.75) is 5.75 Å². The van der Waals surface area contributed by atoms with Gasteiger partial charge in [0.05, 0.1) is 5.75 Å². The van der Waals surface area contributed by atoms with Crippen LogP contribution in [0.2, 0.25) is 0 Å². The number of rotatable bonds is 3. The highest BCUT2D eigenvalue weighted by molar-refractivity contribution is 8.13. The molecule has 0 amide bonds. The molecule has 0 saturated carbocycles. The molecule has 0 radical (unpaired) electrons. The Morgan fingerprint density at radius 2 is 2.07 bits per heavy atom. The zero-order valence-corrected chi connectivity index (χ0v) is 8.48. The van der Waals surface area contributed by atoms with Gasteiger partial charge in [-0.1, -0.05) is 6.07 Å². The highest BCUT2D eigenvalue weighted by Crippen LogP contribution is 2.14. The molecule has 0 spiro atoms. The number of benzene rings is 1. The molecule has 0 bridgehead atoms. The van der Waals surface area contributed by atoms with Crippen LogP contribution in [0.15, 0.2) is 18.2 Å². The Balaban J connectivity index is 3.15. The van der Waals surface area contributed by atoms with E-state index >= 15 is 0 Å². The van der Waals surface area contributed by atoms with Crippen molar-refractivity contribution in [3.63, 3.8) is 0 Å². The molecule has 0 aliphatic heterocycles. The number of aldehydes is 1. The van der Waals surface area contributed by atoms with Gasteiger partial charge in [0.25, 0.3) is 0 Å². The zero-order valence-electron chi connectivity index (χ0n) is 6.91. The first-order chi connectivity index (χ1) is 6.42. The van der Waals surface area contributed by atoms with Gasteiger partial charge in [-0.05, 0) is 17.7 Å². The molecule has 0 aliphatic carbocycles. The van der Waals surface area contributed by atoms with E-state index in [2.05, 4.69) is 0 Å².